The van der Waals surface area contributed by atoms with E-state index in [1.807, 2.05) is 18.2 Å². The van der Waals surface area contributed by atoms with E-state index in [0.29, 0.717) is 16.6 Å². The molecule has 0 unspecified atom stereocenters. The first-order valence-corrected chi connectivity index (χ1v) is 5.97. The van der Waals surface area contributed by atoms with Gasteiger partial charge in [0.05, 0.1) is 5.69 Å². The van der Waals surface area contributed by atoms with Gasteiger partial charge in [0.2, 0.25) is 0 Å². The van der Waals surface area contributed by atoms with Crippen molar-refractivity contribution in [3.8, 4) is 11.3 Å². The van der Waals surface area contributed by atoms with Gasteiger partial charge in [0.15, 0.2) is 0 Å². The summed E-state index contributed by atoms with van der Waals surface area (Å²) in [5, 5.41) is 0.681. The zero-order valence-electron chi connectivity index (χ0n) is 9.11. The molecule has 0 radical (unpaired) electrons. The highest BCUT2D eigenvalue weighted by Crippen LogP contribution is 2.39. The Morgan fingerprint density at radius 1 is 1.24 bits per heavy atom. The summed E-state index contributed by atoms with van der Waals surface area (Å²) in [6.45, 7) is 0. The maximum absolute atomic E-state index is 11.5. The summed E-state index contributed by atoms with van der Waals surface area (Å²) in [7, 11) is 0. The number of aromatic nitrogens is 2. The molecule has 1 aromatic carbocycles. The van der Waals surface area contributed by atoms with Crippen molar-refractivity contribution in [3.05, 3.63) is 51.5 Å². The van der Waals surface area contributed by atoms with Crippen LogP contribution in [-0.4, -0.2) is 9.97 Å². The third-order valence-electron chi connectivity index (χ3n) is 2.92. The molecule has 86 valence electrons. The lowest BCUT2D eigenvalue weighted by Gasteiger charge is -2.03. The van der Waals surface area contributed by atoms with Gasteiger partial charge in [0.1, 0.15) is 0 Å². The fourth-order valence-electron chi connectivity index (χ4n) is 1.86. The predicted molar refractivity (Wildman–Crippen MR) is 67.3 cm³/mol. The van der Waals surface area contributed by atoms with Crippen LogP contribution in [0.5, 0.6) is 0 Å². The molecule has 0 bridgehead atoms. The fourth-order valence-corrected chi connectivity index (χ4v) is 1.99. The highest BCUT2D eigenvalue weighted by Gasteiger charge is 2.25. The van der Waals surface area contributed by atoms with E-state index in [2.05, 4.69) is 9.97 Å². The Balaban J connectivity index is 2.07. The minimum absolute atomic E-state index is 0.278. The van der Waals surface area contributed by atoms with Gasteiger partial charge in [-0.1, -0.05) is 23.7 Å². The van der Waals surface area contributed by atoms with Gasteiger partial charge < -0.3 is 4.98 Å². The number of halogens is 1. The zero-order valence-corrected chi connectivity index (χ0v) is 9.87. The lowest BCUT2D eigenvalue weighted by Crippen LogP contribution is -2.13. The molecule has 1 aliphatic carbocycles. The van der Waals surface area contributed by atoms with Crippen molar-refractivity contribution in [1.82, 2.24) is 9.97 Å². The van der Waals surface area contributed by atoms with Gasteiger partial charge >= 0.3 is 5.69 Å². The van der Waals surface area contributed by atoms with E-state index in [9.17, 15) is 4.79 Å². The quantitative estimate of drug-likeness (QED) is 0.886. The van der Waals surface area contributed by atoms with E-state index in [1.165, 1.54) is 0 Å². The number of nitrogens with zero attached hydrogens (tertiary/aromatic N) is 1. The average molecular weight is 247 g/mol. The maximum Gasteiger partial charge on any atom is 0.345 e. The van der Waals surface area contributed by atoms with Crippen LogP contribution in [-0.2, 0) is 0 Å². The summed E-state index contributed by atoms with van der Waals surface area (Å²) in [5.41, 5.74) is 2.35. The van der Waals surface area contributed by atoms with Gasteiger partial charge in [-0.3, -0.25) is 0 Å². The van der Waals surface area contributed by atoms with Gasteiger partial charge in [-0.2, -0.15) is 4.98 Å². The van der Waals surface area contributed by atoms with Crippen molar-refractivity contribution in [2.45, 2.75) is 18.8 Å². The van der Waals surface area contributed by atoms with Crippen molar-refractivity contribution in [1.29, 1.82) is 0 Å². The Hall–Kier alpha value is -1.61. The molecular formula is C13H11ClN2O. The Kier molecular flexibility index (Phi) is 2.48. The SMILES string of the molecule is O=c1nc(-c2ccc(Cl)cc2)cc(C2CC2)[nH]1. The normalized spacial score (nSPS) is 14.9. The molecule has 1 aliphatic rings. The lowest BCUT2D eigenvalue weighted by atomic mass is 10.1. The van der Waals surface area contributed by atoms with Crippen LogP contribution in [0.25, 0.3) is 11.3 Å². The Morgan fingerprint density at radius 2 is 1.94 bits per heavy atom. The summed E-state index contributed by atoms with van der Waals surface area (Å²) in [5.74, 6) is 0.511. The van der Waals surface area contributed by atoms with E-state index in [-0.39, 0.29) is 5.69 Å². The Bertz CT molecular complexity index is 600. The highest BCUT2D eigenvalue weighted by molar-refractivity contribution is 6.30. The van der Waals surface area contributed by atoms with Crippen LogP contribution in [0, 0.1) is 0 Å². The Labute approximate surface area is 103 Å². The molecule has 3 nitrogen and oxygen atoms in total. The smallest absolute Gasteiger partial charge is 0.309 e. The largest absolute Gasteiger partial charge is 0.345 e. The molecule has 0 saturated heterocycles. The van der Waals surface area contributed by atoms with Crippen molar-refractivity contribution in [2.24, 2.45) is 0 Å². The summed E-state index contributed by atoms with van der Waals surface area (Å²) in [6, 6.07) is 9.32. The molecule has 17 heavy (non-hydrogen) atoms. The van der Waals surface area contributed by atoms with Gasteiger partial charge in [-0.15, -0.1) is 0 Å². The summed E-state index contributed by atoms with van der Waals surface area (Å²) >= 11 is 5.83. The fraction of sp³-hybridized carbons (Fsp3) is 0.231. The molecule has 4 heteroatoms. The van der Waals surface area contributed by atoms with E-state index in [0.717, 1.165) is 24.1 Å². The molecule has 1 aromatic heterocycles. The van der Waals surface area contributed by atoms with Crippen LogP contribution in [0.2, 0.25) is 5.02 Å². The molecule has 2 aromatic rings. The predicted octanol–water partition coefficient (Wildman–Crippen LogP) is 2.97. The van der Waals surface area contributed by atoms with Crippen molar-refractivity contribution >= 4 is 11.6 Å². The number of hydrogen-bond donors (Lipinski definition) is 1. The number of H-pyrrole nitrogens is 1. The molecule has 0 spiro atoms. The molecule has 3 rings (SSSR count). The zero-order chi connectivity index (χ0) is 11.8. The molecule has 1 heterocycles. The maximum atomic E-state index is 11.5. The van der Waals surface area contributed by atoms with Crippen LogP contribution in [0.4, 0.5) is 0 Å². The van der Waals surface area contributed by atoms with Gasteiger partial charge in [0, 0.05) is 16.3 Å². The summed E-state index contributed by atoms with van der Waals surface area (Å²) < 4.78 is 0. The molecule has 0 aliphatic heterocycles. The number of aromatic amines is 1. The third kappa shape index (κ3) is 2.24. The second kappa shape index (κ2) is 4.00. The topological polar surface area (TPSA) is 45.8 Å². The first kappa shape index (κ1) is 10.5. The van der Waals surface area contributed by atoms with Crippen molar-refractivity contribution < 1.29 is 0 Å². The molecule has 1 N–H and O–H groups in total. The van der Waals surface area contributed by atoms with E-state index in [1.54, 1.807) is 12.1 Å². The standard InChI is InChI=1S/C13H11ClN2O/c14-10-5-3-9(4-6-10)12-7-11(8-1-2-8)15-13(17)16-12/h3-8H,1-2H2,(H,15,16,17). The highest BCUT2D eigenvalue weighted by atomic mass is 35.5. The van der Waals surface area contributed by atoms with E-state index < -0.39 is 0 Å². The van der Waals surface area contributed by atoms with Crippen LogP contribution < -0.4 is 5.69 Å². The van der Waals surface area contributed by atoms with Gasteiger partial charge in [-0.25, -0.2) is 4.79 Å². The van der Waals surface area contributed by atoms with Crippen LogP contribution in [0.15, 0.2) is 35.1 Å². The molecule has 1 saturated carbocycles. The summed E-state index contributed by atoms with van der Waals surface area (Å²) in [4.78, 5) is 18.3. The minimum Gasteiger partial charge on any atom is -0.309 e. The van der Waals surface area contributed by atoms with Crippen molar-refractivity contribution in [3.63, 3.8) is 0 Å². The van der Waals surface area contributed by atoms with Crippen molar-refractivity contribution in [2.75, 3.05) is 0 Å². The monoisotopic (exact) mass is 246 g/mol. The van der Waals surface area contributed by atoms with Crippen LogP contribution >= 0.6 is 11.6 Å². The Morgan fingerprint density at radius 3 is 2.59 bits per heavy atom. The number of rotatable bonds is 2. The van der Waals surface area contributed by atoms with E-state index >= 15 is 0 Å². The van der Waals surface area contributed by atoms with Gasteiger partial charge in [-0.05, 0) is 37.0 Å². The molecule has 1 fully saturated rings. The van der Waals surface area contributed by atoms with Gasteiger partial charge in [0.25, 0.3) is 0 Å². The second-order valence-corrected chi connectivity index (χ2v) is 4.74. The van der Waals surface area contributed by atoms with E-state index in [4.69, 9.17) is 11.6 Å². The lowest BCUT2D eigenvalue weighted by molar-refractivity contribution is 0.951. The van der Waals surface area contributed by atoms with Crippen LogP contribution in [0.1, 0.15) is 24.5 Å². The molecule has 0 amide bonds. The first-order valence-electron chi connectivity index (χ1n) is 5.59. The van der Waals surface area contributed by atoms with Crippen LogP contribution in [0.3, 0.4) is 0 Å². The molecular weight excluding hydrogens is 236 g/mol. The first-order chi connectivity index (χ1) is 8.22. The third-order valence-corrected chi connectivity index (χ3v) is 3.17. The number of nitrogens with one attached hydrogen (secondary N) is 1. The summed E-state index contributed by atoms with van der Waals surface area (Å²) in [6.07, 6.45) is 2.31. The second-order valence-electron chi connectivity index (χ2n) is 4.31. The number of benzene rings is 1. The average Bonchev–Trinajstić information content (AvgIpc) is 3.13. The molecule has 0 atom stereocenters. The minimum atomic E-state index is -0.278. The number of hydrogen-bond acceptors (Lipinski definition) is 2.